The quantitative estimate of drug-likeness (QED) is 0.577. The maximum atomic E-state index is 6.10. The molecule has 0 spiro atoms. The predicted octanol–water partition coefficient (Wildman–Crippen LogP) is 5.69. The standard InChI is InChI=1S/C15H25IO/c1-5-7-9-12-14(11(3)4)15(16)13(17-12)10-8-6-2/h11H,5-10H2,1-4H3. The van der Waals surface area contributed by atoms with Gasteiger partial charge in [0.15, 0.2) is 0 Å². The van der Waals surface area contributed by atoms with Crippen LogP contribution in [0.15, 0.2) is 4.42 Å². The maximum Gasteiger partial charge on any atom is 0.117 e. The molecule has 0 unspecified atom stereocenters. The molecule has 98 valence electrons. The normalized spacial score (nSPS) is 11.4. The smallest absolute Gasteiger partial charge is 0.117 e. The summed E-state index contributed by atoms with van der Waals surface area (Å²) in [5.74, 6) is 3.05. The van der Waals surface area contributed by atoms with Crippen LogP contribution in [0, 0.1) is 3.57 Å². The van der Waals surface area contributed by atoms with Gasteiger partial charge in [-0.05, 0) is 41.4 Å². The number of furan rings is 1. The third kappa shape index (κ3) is 4.01. The Kier molecular flexibility index (Phi) is 6.60. The molecule has 1 rings (SSSR count). The van der Waals surface area contributed by atoms with Gasteiger partial charge in [-0.15, -0.1) is 0 Å². The zero-order valence-electron chi connectivity index (χ0n) is 11.6. The number of rotatable bonds is 7. The zero-order chi connectivity index (χ0) is 12.8. The van der Waals surface area contributed by atoms with Crippen molar-refractivity contribution in [2.75, 3.05) is 0 Å². The molecule has 1 aromatic rings. The Bertz CT molecular complexity index is 339. The molecule has 0 amide bonds. The van der Waals surface area contributed by atoms with Gasteiger partial charge in [-0.2, -0.15) is 0 Å². The number of hydrogen-bond donors (Lipinski definition) is 0. The molecule has 1 nitrogen and oxygen atoms in total. The highest BCUT2D eigenvalue weighted by Crippen LogP contribution is 2.32. The van der Waals surface area contributed by atoms with Crippen molar-refractivity contribution in [3.05, 3.63) is 20.7 Å². The molecule has 0 atom stereocenters. The van der Waals surface area contributed by atoms with E-state index in [2.05, 4.69) is 50.3 Å². The molecule has 0 aliphatic rings. The first-order valence-electron chi connectivity index (χ1n) is 6.91. The van der Waals surface area contributed by atoms with E-state index in [-0.39, 0.29) is 0 Å². The van der Waals surface area contributed by atoms with Crippen LogP contribution in [0.2, 0.25) is 0 Å². The van der Waals surface area contributed by atoms with Gasteiger partial charge in [0.1, 0.15) is 11.5 Å². The lowest BCUT2D eigenvalue weighted by Gasteiger charge is -2.05. The van der Waals surface area contributed by atoms with E-state index in [4.69, 9.17) is 4.42 Å². The second-order valence-corrected chi connectivity index (χ2v) is 6.12. The summed E-state index contributed by atoms with van der Waals surface area (Å²) >= 11 is 2.47. The highest BCUT2D eigenvalue weighted by Gasteiger charge is 2.19. The Morgan fingerprint density at radius 2 is 1.53 bits per heavy atom. The van der Waals surface area contributed by atoms with E-state index in [1.807, 2.05) is 0 Å². The molecule has 0 aliphatic heterocycles. The number of aryl methyl sites for hydroxylation is 2. The molecule has 0 saturated heterocycles. The SMILES string of the molecule is CCCCc1oc(CCCC)c(C(C)C)c1I. The van der Waals surface area contributed by atoms with Gasteiger partial charge in [0.05, 0.1) is 3.57 Å². The van der Waals surface area contributed by atoms with Crippen LogP contribution in [-0.2, 0) is 12.8 Å². The molecule has 0 bridgehead atoms. The molecular formula is C15H25IO. The summed E-state index contributed by atoms with van der Waals surface area (Å²) in [5.41, 5.74) is 1.46. The van der Waals surface area contributed by atoms with Crippen LogP contribution in [0.4, 0.5) is 0 Å². The number of halogens is 1. The minimum absolute atomic E-state index is 0.577. The average molecular weight is 348 g/mol. The molecule has 0 radical (unpaired) electrons. The fourth-order valence-corrected chi connectivity index (χ4v) is 3.42. The summed E-state index contributed by atoms with van der Waals surface area (Å²) in [4.78, 5) is 0. The van der Waals surface area contributed by atoms with Crippen LogP contribution < -0.4 is 0 Å². The minimum Gasteiger partial charge on any atom is -0.465 e. The summed E-state index contributed by atoms with van der Waals surface area (Å²) in [6.07, 6.45) is 7.13. The third-order valence-corrected chi connectivity index (χ3v) is 4.30. The number of unbranched alkanes of at least 4 members (excludes halogenated alkanes) is 2. The van der Waals surface area contributed by atoms with E-state index in [0.717, 1.165) is 12.8 Å². The van der Waals surface area contributed by atoms with Crippen molar-refractivity contribution in [2.45, 2.75) is 72.1 Å². The van der Waals surface area contributed by atoms with Crippen LogP contribution in [0.1, 0.15) is 76.4 Å². The predicted molar refractivity (Wildman–Crippen MR) is 82.7 cm³/mol. The molecule has 0 fully saturated rings. The Morgan fingerprint density at radius 3 is 2.00 bits per heavy atom. The summed E-state index contributed by atoms with van der Waals surface area (Å²) in [7, 11) is 0. The van der Waals surface area contributed by atoms with Crippen LogP contribution in [-0.4, -0.2) is 0 Å². The molecule has 17 heavy (non-hydrogen) atoms. The topological polar surface area (TPSA) is 13.1 Å². The van der Waals surface area contributed by atoms with Crippen LogP contribution in [0.25, 0.3) is 0 Å². The largest absolute Gasteiger partial charge is 0.465 e. The fraction of sp³-hybridized carbons (Fsp3) is 0.733. The Hall–Kier alpha value is 0.01000. The zero-order valence-corrected chi connectivity index (χ0v) is 13.8. The second kappa shape index (κ2) is 7.45. The molecular weight excluding hydrogens is 323 g/mol. The Balaban J connectivity index is 2.93. The van der Waals surface area contributed by atoms with Crippen molar-refractivity contribution in [1.82, 2.24) is 0 Å². The van der Waals surface area contributed by atoms with Gasteiger partial charge in [0.25, 0.3) is 0 Å². The highest BCUT2D eigenvalue weighted by atomic mass is 127. The summed E-state index contributed by atoms with van der Waals surface area (Å²) < 4.78 is 7.49. The summed E-state index contributed by atoms with van der Waals surface area (Å²) in [5, 5.41) is 0. The van der Waals surface area contributed by atoms with Gasteiger partial charge in [-0.25, -0.2) is 0 Å². The summed E-state index contributed by atoms with van der Waals surface area (Å²) in [6.45, 7) is 9.01. The maximum absolute atomic E-state index is 6.10. The van der Waals surface area contributed by atoms with E-state index >= 15 is 0 Å². The van der Waals surface area contributed by atoms with Crippen molar-refractivity contribution >= 4 is 22.6 Å². The Labute approximate surface area is 120 Å². The minimum atomic E-state index is 0.577. The lowest BCUT2D eigenvalue weighted by atomic mass is 10.0. The molecule has 0 N–H and O–H groups in total. The second-order valence-electron chi connectivity index (χ2n) is 5.04. The van der Waals surface area contributed by atoms with Crippen molar-refractivity contribution in [1.29, 1.82) is 0 Å². The van der Waals surface area contributed by atoms with Crippen molar-refractivity contribution in [3.63, 3.8) is 0 Å². The first-order chi connectivity index (χ1) is 8.11. The lowest BCUT2D eigenvalue weighted by Crippen LogP contribution is -1.94. The summed E-state index contributed by atoms with van der Waals surface area (Å²) in [6, 6.07) is 0. The first kappa shape index (κ1) is 15.1. The molecule has 2 heteroatoms. The van der Waals surface area contributed by atoms with E-state index in [9.17, 15) is 0 Å². The van der Waals surface area contributed by atoms with Crippen LogP contribution in [0.5, 0.6) is 0 Å². The van der Waals surface area contributed by atoms with E-state index < -0.39 is 0 Å². The monoisotopic (exact) mass is 348 g/mol. The molecule has 0 aromatic carbocycles. The van der Waals surface area contributed by atoms with Gasteiger partial charge in [-0.3, -0.25) is 0 Å². The van der Waals surface area contributed by atoms with E-state index in [1.54, 1.807) is 0 Å². The number of hydrogen-bond acceptors (Lipinski definition) is 1. The Morgan fingerprint density at radius 1 is 1.00 bits per heavy atom. The van der Waals surface area contributed by atoms with E-state index in [0.29, 0.717) is 5.92 Å². The average Bonchev–Trinajstić information content (AvgIpc) is 2.60. The van der Waals surface area contributed by atoms with Gasteiger partial charge >= 0.3 is 0 Å². The molecule has 1 heterocycles. The van der Waals surface area contributed by atoms with Gasteiger partial charge < -0.3 is 4.42 Å². The third-order valence-electron chi connectivity index (χ3n) is 3.12. The van der Waals surface area contributed by atoms with Crippen molar-refractivity contribution in [2.24, 2.45) is 0 Å². The lowest BCUT2D eigenvalue weighted by molar-refractivity contribution is 0.447. The van der Waals surface area contributed by atoms with Gasteiger partial charge in [-0.1, -0.05) is 40.5 Å². The van der Waals surface area contributed by atoms with Crippen LogP contribution >= 0.6 is 22.6 Å². The first-order valence-corrected chi connectivity index (χ1v) is 7.99. The van der Waals surface area contributed by atoms with Crippen molar-refractivity contribution < 1.29 is 4.42 Å². The highest BCUT2D eigenvalue weighted by molar-refractivity contribution is 14.1. The molecule has 0 saturated carbocycles. The molecule has 0 aliphatic carbocycles. The van der Waals surface area contributed by atoms with Gasteiger partial charge in [0, 0.05) is 18.4 Å². The van der Waals surface area contributed by atoms with Crippen LogP contribution in [0.3, 0.4) is 0 Å². The fourth-order valence-electron chi connectivity index (χ4n) is 2.12. The van der Waals surface area contributed by atoms with Gasteiger partial charge in [0.2, 0.25) is 0 Å². The molecule has 1 aromatic heterocycles. The van der Waals surface area contributed by atoms with E-state index in [1.165, 1.54) is 46.3 Å². The van der Waals surface area contributed by atoms with Crippen molar-refractivity contribution in [3.8, 4) is 0 Å².